The van der Waals surface area contributed by atoms with E-state index in [9.17, 15) is 19.5 Å². The van der Waals surface area contributed by atoms with Gasteiger partial charge in [0.1, 0.15) is 12.1 Å². The second kappa shape index (κ2) is 10.5. The van der Waals surface area contributed by atoms with E-state index in [4.69, 9.17) is 14.2 Å². The largest absolute Gasteiger partial charge is 0.468 e. The van der Waals surface area contributed by atoms with E-state index < -0.39 is 35.5 Å². The second-order valence-electron chi connectivity index (χ2n) is 6.78. The lowest BCUT2D eigenvalue weighted by atomic mass is 9.97. The van der Waals surface area contributed by atoms with Gasteiger partial charge in [0.05, 0.1) is 40.0 Å². The minimum Gasteiger partial charge on any atom is -0.468 e. The smallest absolute Gasteiger partial charge is 0.322 e. The first kappa shape index (κ1) is 23.3. The van der Waals surface area contributed by atoms with Gasteiger partial charge in [0.15, 0.2) is 0 Å². The Hall–Kier alpha value is -1.75. The molecule has 0 bridgehead atoms. The van der Waals surface area contributed by atoms with Crippen LogP contribution in [-0.4, -0.2) is 111 Å². The van der Waals surface area contributed by atoms with Crippen LogP contribution < -0.4 is 5.32 Å². The van der Waals surface area contributed by atoms with E-state index >= 15 is 0 Å². The molecule has 1 saturated heterocycles. The van der Waals surface area contributed by atoms with E-state index in [1.807, 2.05) is 9.80 Å². The third-order valence-corrected chi connectivity index (χ3v) is 4.79. The molecule has 3 atom stereocenters. The molecule has 27 heavy (non-hydrogen) atoms. The molecule has 0 radical (unpaired) electrons. The number of nitrogens with one attached hydrogen (secondary N) is 1. The first-order chi connectivity index (χ1) is 12.7. The summed E-state index contributed by atoms with van der Waals surface area (Å²) in [5.41, 5.74) is -0.958. The molecule has 0 amide bonds. The third kappa shape index (κ3) is 6.42. The number of nitrogens with zero attached hydrogens (tertiary/aromatic N) is 2. The quantitative estimate of drug-likeness (QED) is 0.364. The number of esters is 3. The highest BCUT2D eigenvalue weighted by Gasteiger charge is 2.41. The Morgan fingerprint density at radius 1 is 1.04 bits per heavy atom. The zero-order valence-corrected chi connectivity index (χ0v) is 16.7. The van der Waals surface area contributed by atoms with Crippen LogP contribution in [0.5, 0.6) is 0 Å². The van der Waals surface area contributed by atoms with Crippen molar-refractivity contribution in [3.63, 3.8) is 0 Å². The van der Waals surface area contributed by atoms with Gasteiger partial charge < -0.3 is 19.3 Å². The van der Waals surface area contributed by atoms with E-state index in [0.717, 1.165) is 0 Å². The van der Waals surface area contributed by atoms with Gasteiger partial charge in [-0.1, -0.05) is 0 Å². The number of rotatable bonds is 8. The molecule has 10 nitrogen and oxygen atoms in total. The minimum absolute atomic E-state index is 0.0347. The molecule has 1 fully saturated rings. The van der Waals surface area contributed by atoms with E-state index in [2.05, 4.69) is 5.32 Å². The predicted octanol–water partition coefficient (Wildman–Crippen LogP) is -1.78. The van der Waals surface area contributed by atoms with Gasteiger partial charge in [-0.25, -0.2) is 0 Å². The van der Waals surface area contributed by atoms with Gasteiger partial charge in [-0.15, -0.1) is 0 Å². The maximum atomic E-state index is 12.0. The number of carbonyl (C=O) groups excluding carboxylic acids is 3. The number of aliphatic hydroxyl groups is 1. The Bertz CT molecular complexity index is 531. The van der Waals surface area contributed by atoms with Crippen molar-refractivity contribution in [1.29, 1.82) is 0 Å². The fourth-order valence-electron chi connectivity index (χ4n) is 3.26. The molecule has 0 spiro atoms. The number of carbonyl (C=O) groups is 3. The Morgan fingerprint density at radius 2 is 1.67 bits per heavy atom. The lowest BCUT2D eigenvalue weighted by Gasteiger charge is -2.39. The van der Waals surface area contributed by atoms with Crippen molar-refractivity contribution >= 4 is 17.9 Å². The number of ether oxygens (including phenoxy) is 3. The predicted molar refractivity (Wildman–Crippen MR) is 95.9 cm³/mol. The van der Waals surface area contributed by atoms with Crippen LogP contribution in [0, 0.1) is 0 Å². The van der Waals surface area contributed by atoms with Gasteiger partial charge >= 0.3 is 17.9 Å². The summed E-state index contributed by atoms with van der Waals surface area (Å²) in [6.07, 6.45) is 0. The molecule has 1 unspecified atom stereocenters. The molecular weight excluding hydrogens is 358 g/mol. The minimum atomic E-state index is -0.958. The highest BCUT2D eigenvalue weighted by molar-refractivity contribution is 5.76. The van der Waals surface area contributed by atoms with Crippen LogP contribution in [0.2, 0.25) is 0 Å². The lowest BCUT2D eigenvalue weighted by molar-refractivity contribution is -0.147. The van der Waals surface area contributed by atoms with Crippen LogP contribution in [-0.2, 0) is 28.6 Å². The van der Waals surface area contributed by atoms with E-state index in [0.29, 0.717) is 13.1 Å². The SMILES string of the molecule is COC(=O)CN1CCN([C@H](C)C(=O)OC)CC(CO)(N[C@H](C)C(=O)OC)C1. The van der Waals surface area contributed by atoms with Crippen molar-refractivity contribution in [3.8, 4) is 0 Å². The standard InChI is InChI=1S/C17H31N3O7/c1-12(15(23)26-4)18-17(11-21)9-19(8-14(22)25-3)6-7-20(10-17)13(2)16(24)27-5/h12-13,18,21H,6-11H2,1-5H3/t12-,13-,17?/m1/s1. The molecule has 0 aromatic heterocycles. The van der Waals surface area contributed by atoms with Crippen molar-refractivity contribution in [2.45, 2.75) is 31.5 Å². The molecule has 0 saturated carbocycles. The summed E-state index contributed by atoms with van der Waals surface area (Å²) in [6, 6.07) is -1.23. The van der Waals surface area contributed by atoms with Crippen LogP contribution in [0.1, 0.15) is 13.8 Å². The average molecular weight is 389 g/mol. The fourth-order valence-corrected chi connectivity index (χ4v) is 3.26. The van der Waals surface area contributed by atoms with E-state index in [-0.39, 0.29) is 26.2 Å². The van der Waals surface area contributed by atoms with Crippen molar-refractivity contribution in [2.24, 2.45) is 0 Å². The molecule has 0 aromatic carbocycles. The topological polar surface area (TPSA) is 118 Å². The van der Waals surface area contributed by atoms with Gasteiger partial charge in [-0.05, 0) is 13.8 Å². The Balaban J connectivity index is 3.11. The molecule has 1 aliphatic heterocycles. The summed E-state index contributed by atoms with van der Waals surface area (Å²) in [7, 11) is 3.91. The summed E-state index contributed by atoms with van der Waals surface area (Å²) in [6.45, 7) is 4.59. The highest BCUT2D eigenvalue weighted by Crippen LogP contribution is 2.18. The molecule has 1 heterocycles. The first-order valence-corrected chi connectivity index (χ1v) is 8.79. The maximum absolute atomic E-state index is 12.0. The number of hydrogen-bond donors (Lipinski definition) is 2. The summed E-state index contributed by atoms with van der Waals surface area (Å²) in [5, 5.41) is 13.3. The lowest BCUT2D eigenvalue weighted by Crippen LogP contribution is -2.64. The van der Waals surface area contributed by atoms with Crippen molar-refractivity contribution < 1.29 is 33.7 Å². The van der Waals surface area contributed by atoms with Crippen LogP contribution in [0.15, 0.2) is 0 Å². The zero-order chi connectivity index (χ0) is 20.6. The molecule has 10 heteroatoms. The summed E-state index contributed by atoms with van der Waals surface area (Å²) in [5.74, 6) is -1.28. The monoisotopic (exact) mass is 389 g/mol. The van der Waals surface area contributed by atoms with Gasteiger partial charge in [-0.3, -0.25) is 29.5 Å². The van der Waals surface area contributed by atoms with Crippen molar-refractivity contribution in [2.75, 3.05) is 60.7 Å². The Kier molecular flexibility index (Phi) is 9.10. The molecule has 0 aromatic rings. The van der Waals surface area contributed by atoms with Crippen molar-refractivity contribution in [3.05, 3.63) is 0 Å². The molecule has 1 aliphatic rings. The fraction of sp³-hybridized carbons (Fsp3) is 0.824. The molecule has 0 aliphatic carbocycles. The molecule has 156 valence electrons. The van der Waals surface area contributed by atoms with Crippen LogP contribution in [0.3, 0.4) is 0 Å². The molecule has 2 N–H and O–H groups in total. The van der Waals surface area contributed by atoms with Gasteiger partial charge in [0, 0.05) is 26.2 Å². The Morgan fingerprint density at radius 3 is 2.19 bits per heavy atom. The second-order valence-corrected chi connectivity index (χ2v) is 6.78. The first-order valence-electron chi connectivity index (χ1n) is 8.79. The van der Waals surface area contributed by atoms with E-state index in [1.54, 1.807) is 13.8 Å². The highest BCUT2D eigenvalue weighted by atomic mass is 16.5. The maximum Gasteiger partial charge on any atom is 0.322 e. The summed E-state index contributed by atoms with van der Waals surface area (Å²) >= 11 is 0. The zero-order valence-electron chi connectivity index (χ0n) is 16.7. The van der Waals surface area contributed by atoms with Crippen LogP contribution in [0.25, 0.3) is 0 Å². The number of hydrogen-bond acceptors (Lipinski definition) is 10. The normalized spacial score (nSPS) is 23.8. The molecular formula is C17H31N3O7. The molecule has 1 rings (SSSR count). The summed E-state index contributed by atoms with van der Waals surface area (Å²) in [4.78, 5) is 39.3. The van der Waals surface area contributed by atoms with Crippen LogP contribution >= 0.6 is 0 Å². The van der Waals surface area contributed by atoms with Crippen molar-refractivity contribution in [1.82, 2.24) is 15.1 Å². The van der Waals surface area contributed by atoms with Gasteiger partial charge in [0.2, 0.25) is 0 Å². The number of methoxy groups -OCH3 is 3. The van der Waals surface area contributed by atoms with Gasteiger partial charge in [0.25, 0.3) is 0 Å². The average Bonchev–Trinajstić information content (AvgIpc) is 2.85. The van der Waals surface area contributed by atoms with E-state index in [1.165, 1.54) is 21.3 Å². The third-order valence-electron chi connectivity index (χ3n) is 4.79. The van der Waals surface area contributed by atoms with Crippen LogP contribution in [0.4, 0.5) is 0 Å². The number of aliphatic hydroxyl groups excluding tert-OH is 1. The summed E-state index contributed by atoms with van der Waals surface area (Å²) < 4.78 is 14.3. The van der Waals surface area contributed by atoms with Gasteiger partial charge in [-0.2, -0.15) is 0 Å². The Labute approximate surface area is 159 Å².